The lowest BCUT2D eigenvalue weighted by atomic mass is 10.2. The maximum atomic E-state index is 13.0. The van der Waals surface area contributed by atoms with E-state index in [0.717, 1.165) is 20.7 Å². The molecule has 0 spiro atoms. The Bertz CT molecular complexity index is 527. The molecule has 0 fully saturated rings. The number of halogens is 2. The van der Waals surface area contributed by atoms with Gasteiger partial charge in [0.2, 0.25) is 0 Å². The maximum Gasteiger partial charge on any atom is 0.124 e. The molecule has 1 aromatic heterocycles. The van der Waals surface area contributed by atoms with Crippen LogP contribution in [0.4, 0.5) is 4.39 Å². The molecule has 2 aromatic rings. The zero-order chi connectivity index (χ0) is 12.4. The van der Waals surface area contributed by atoms with Crippen LogP contribution in [0.3, 0.4) is 0 Å². The summed E-state index contributed by atoms with van der Waals surface area (Å²) in [6.07, 6.45) is 0. The smallest absolute Gasteiger partial charge is 0.124 e. The van der Waals surface area contributed by atoms with E-state index in [1.54, 1.807) is 17.4 Å². The summed E-state index contributed by atoms with van der Waals surface area (Å²) in [6.45, 7) is 2.05. The van der Waals surface area contributed by atoms with E-state index in [4.69, 9.17) is 0 Å². The molecule has 2 rings (SSSR count). The highest BCUT2D eigenvalue weighted by molar-refractivity contribution is 9.10. The van der Waals surface area contributed by atoms with Crippen molar-refractivity contribution in [1.29, 1.82) is 0 Å². The molecule has 1 aromatic carbocycles. The van der Waals surface area contributed by atoms with Crippen molar-refractivity contribution < 1.29 is 4.39 Å². The molecule has 0 radical (unpaired) electrons. The summed E-state index contributed by atoms with van der Waals surface area (Å²) in [5.41, 5.74) is 1.93. The first-order valence-corrected chi connectivity index (χ1v) is 6.87. The number of nitrogens with zero attached hydrogens (tertiary/aromatic N) is 1. The van der Waals surface area contributed by atoms with Gasteiger partial charge in [0.05, 0.1) is 5.69 Å². The minimum Gasteiger partial charge on any atom is -0.312 e. The second-order valence-electron chi connectivity index (χ2n) is 3.71. The van der Waals surface area contributed by atoms with Gasteiger partial charge >= 0.3 is 0 Å². The third-order valence-corrected chi connectivity index (χ3v) is 4.11. The number of nitrogens with one attached hydrogen (secondary N) is 1. The van der Waals surface area contributed by atoms with Crippen molar-refractivity contribution in [2.45, 2.75) is 13.0 Å². The molecule has 0 amide bonds. The average Bonchev–Trinajstić information content (AvgIpc) is 2.77. The largest absolute Gasteiger partial charge is 0.312 e. The van der Waals surface area contributed by atoms with E-state index in [1.165, 1.54) is 12.1 Å². The number of benzene rings is 1. The van der Waals surface area contributed by atoms with Gasteiger partial charge in [-0.05, 0) is 48.1 Å². The highest BCUT2D eigenvalue weighted by Crippen LogP contribution is 2.32. The summed E-state index contributed by atoms with van der Waals surface area (Å²) < 4.78 is 13.7. The van der Waals surface area contributed by atoms with Gasteiger partial charge in [0.15, 0.2) is 0 Å². The molecule has 0 aliphatic heterocycles. The van der Waals surface area contributed by atoms with Crippen LogP contribution in [0.25, 0.3) is 10.6 Å². The molecule has 1 atom stereocenters. The van der Waals surface area contributed by atoms with Crippen LogP contribution in [0.1, 0.15) is 18.7 Å². The first-order valence-electron chi connectivity index (χ1n) is 5.20. The predicted molar refractivity (Wildman–Crippen MR) is 72.7 cm³/mol. The fourth-order valence-corrected chi connectivity index (χ4v) is 3.04. The third-order valence-electron chi connectivity index (χ3n) is 2.56. The van der Waals surface area contributed by atoms with Crippen molar-refractivity contribution in [3.8, 4) is 10.6 Å². The summed E-state index contributed by atoms with van der Waals surface area (Å²) in [6, 6.07) is 4.87. The van der Waals surface area contributed by atoms with E-state index in [2.05, 4.69) is 33.2 Å². The molecule has 0 saturated carbocycles. The quantitative estimate of drug-likeness (QED) is 0.926. The maximum absolute atomic E-state index is 13.0. The zero-order valence-corrected chi connectivity index (χ0v) is 11.9. The Morgan fingerprint density at radius 3 is 2.88 bits per heavy atom. The van der Waals surface area contributed by atoms with E-state index < -0.39 is 0 Å². The van der Waals surface area contributed by atoms with Crippen molar-refractivity contribution >= 4 is 27.3 Å². The van der Waals surface area contributed by atoms with Crippen LogP contribution in [-0.4, -0.2) is 12.0 Å². The van der Waals surface area contributed by atoms with E-state index in [0.29, 0.717) is 0 Å². The zero-order valence-electron chi connectivity index (χ0n) is 9.50. The fraction of sp³-hybridized carbons (Fsp3) is 0.250. The Morgan fingerprint density at radius 2 is 2.24 bits per heavy atom. The monoisotopic (exact) mass is 314 g/mol. The Hall–Kier alpha value is -0.780. The lowest BCUT2D eigenvalue weighted by Crippen LogP contribution is -2.12. The molecular formula is C12H12BrFN2S. The van der Waals surface area contributed by atoms with Crippen molar-refractivity contribution in [2.24, 2.45) is 0 Å². The van der Waals surface area contributed by atoms with Crippen LogP contribution in [0, 0.1) is 5.82 Å². The Labute approximate surface area is 112 Å². The molecule has 17 heavy (non-hydrogen) atoms. The molecule has 0 aliphatic carbocycles. The molecule has 1 heterocycles. The van der Waals surface area contributed by atoms with Crippen LogP contribution >= 0.6 is 27.3 Å². The van der Waals surface area contributed by atoms with Gasteiger partial charge in [0, 0.05) is 21.5 Å². The summed E-state index contributed by atoms with van der Waals surface area (Å²) in [4.78, 5) is 4.55. The topological polar surface area (TPSA) is 24.9 Å². The molecule has 0 saturated heterocycles. The van der Waals surface area contributed by atoms with Crippen molar-refractivity contribution in [1.82, 2.24) is 10.3 Å². The highest BCUT2D eigenvalue weighted by atomic mass is 79.9. The van der Waals surface area contributed by atoms with Gasteiger partial charge in [-0.1, -0.05) is 0 Å². The van der Waals surface area contributed by atoms with Gasteiger partial charge in [-0.25, -0.2) is 9.37 Å². The normalized spacial score (nSPS) is 12.7. The number of rotatable bonds is 3. The number of thiazole rings is 1. The standard InChI is InChI=1S/C12H12BrFN2S/c1-7(15-2)11-6-17-12(16-11)9-4-3-8(14)5-10(9)13/h3-7,15H,1-2H3. The second-order valence-corrected chi connectivity index (χ2v) is 5.42. The van der Waals surface area contributed by atoms with Crippen LogP contribution < -0.4 is 5.32 Å². The first-order chi connectivity index (χ1) is 8.11. The highest BCUT2D eigenvalue weighted by Gasteiger charge is 2.11. The summed E-state index contributed by atoms with van der Waals surface area (Å²) in [7, 11) is 1.90. The van der Waals surface area contributed by atoms with Crippen molar-refractivity contribution in [2.75, 3.05) is 7.05 Å². The van der Waals surface area contributed by atoms with Gasteiger partial charge in [-0.15, -0.1) is 11.3 Å². The minimum atomic E-state index is -0.249. The van der Waals surface area contributed by atoms with Crippen LogP contribution in [0.5, 0.6) is 0 Å². The first kappa shape index (κ1) is 12.7. The Balaban J connectivity index is 2.37. The van der Waals surface area contributed by atoms with Gasteiger partial charge in [0.25, 0.3) is 0 Å². The Morgan fingerprint density at radius 1 is 1.47 bits per heavy atom. The van der Waals surface area contributed by atoms with Crippen molar-refractivity contribution in [3.05, 3.63) is 39.6 Å². The molecule has 5 heteroatoms. The number of hydrogen-bond acceptors (Lipinski definition) is 3. The molecular weight excluding hydrogens is 303 g/mol. The van der Waals surface area contributed by atoms with Gasteiger partial charge in [-0.2, -0.15) is 0 Å². The number of aromatic nitrogens is 1. The van der Waals surface area contributed by atoms with Crippen molar-refractivity contribution in [3.63, 3.8) is 0 Å². The average molecular weight is 315 g/mol. The molecule has 90 valence electrons. The van der Waals surface area contributed by atoms with E-state index in [1.807, 2.05) is 12.4 Å². The molecule has 2 nitrogen and oxygen atoms in total. The minimum absolute atomic E-state index is 0.222. The van der Waals surface area contributed by atoms with E-state index >= 15 is 0 Å². The molecule has 0 aliphatic rings. The Kier molecular flexibility index (Phi) is 3.91. The van der Waals surface area contributed by atoms with Crippen LogP contribution in [-0.2, 0) is 0 Å². The molecule has 0 bridgehead atoms. The fourth-order valence-electron chi connectivity index (χ4n) is 1.42. The van der Waals surface area contributed by atoms with E-state index in [9.17, 15) is 4.39 Å². The third kappa shape index (κ3) is 2.73. The molecule has 1 unspecified atom stereocenters. The summed E-state index contributed by atoms with van der Waals surface area (Å²) in [5.74, 6) is -0.249. The SMILES string of the molecule is CNC(C)c1csc(-c2ccc(F)cc2Br)n1. The lowest BCUT2D eigenvalue weighted by molar-refractivity contribution is 0.627. The van der Waals surface area contributed by atoms with Crippen LogP contribution in [0.2, 0.25) is 0 Å². The van der Waals surface area contributed by atoms with Crippen LogP contribution in [0.15, 0.2) is 28.1 Å². The molecule has 1 N–H and O–H groups in total. The lowest BCUT2D eigenvalue weighted by Gasteiger charge is -2.05. The van der Waals surface area contributed by atoms with Gasteiger partial charge < -0.3 is 5.32 Å². The van der Waals surface area contributed by atoms with E-state index in [-0.39, 0.29) is 11.9 Å². The second kappa shape index (κ2) is 5.25. The van der Waals surface area contributed by atoms with Gasteiger partial charge in [0.1, 0.15) is 10.8 Å². The van der Waals surface area contributed by atoms with Gasteiger partial charge in [-0.3, -0.25) is 0 Å². The summed E-state index contributed by atoms with van der Waals surface area (Å²) in [5, 5.41) is 6.06. The summed E-state index contributed by atoms with van der Waals surface area (Å²) >= 11 is 4.92. The predicted octanol–water partition coefficient (Wildman–Crippen LogP) is 3.99. The number of hydrogen-bond donors (Lipinski definition) is 1.